The number of aryl methyl sites for hydroxylation is 2. The van der Waals surface area contributed by atoms with Gasteiger partial charge in [0, 0.05) is 6.54 Å². The zero-order valence-electron chi connectivity index (χ0n) is 14.1. The number of nitrogens with one attached hydrogen (secondary N) is 1. The summed E-state index contributed by atoms with van der Waals surface area (Å²) in [6.45, 7) is 6.73. The summed E-state index contributed by atoms with van der Waals surface area (Å²) >= 11 is 0. The maximum atomic E-state index is 14.0. The van der Waals surface area contributed by atoms with Gasteiger partial charge in [-0.25, -0.2) is 9.07 Å². The van der Waals surface area contributed by atoms with E-state index in [1.807, 2.05) is 23.7 Å². The van der Waals surface area contributed by atoms with Crippen LogP contribution in [0.1, 0.15) is 55.6 Å². The Morgan fingerprint density at radius 3 is 2.78 bits per heavy atom. The predicted octanol–water partition coefficient (Wildman–Crippen LogP) is 4.25. The molecule has 3 rings (SSSR count). The van der Waals surface area contributed by atoms with Gasteiger partial charge in [0.05, 0.1) is 6.04 Å². The second-order valence-corrected chi connectivity index (χ2v) is 6.56. The van der Waals surface area contributed by atoms with Crippen molar-refractivity contribution in [2.24, 2.45) is 5.92 Å². The molecule has 1 aromatic heterocycles. The van der Waals surface area contributed by atoms with E-state index in [1.165, 1.54) is 12.8 Å². The Balaban J connectivity index is 1.91. The average Bonchev–Trinajstić information content (AvgIpc) is 3.28. The third-order valence-corrected chi connectivity index (χ3v) is 4.46. The number of aromatic nitrogens is 3. The van der Waals surface area contributed by atoms with Crippen LogP contribution in [-0.4, -0.2) is 21.3 Å². The highest BCUT2D eigenvalue weighted by atomic mass is 19.1. The first-order chi connectivity index (χ1) is 11.1. The summed E-state index contributed by atoms with van der Waals surface area (Å²) in [5.74, 6) is 2.11. The Morgan fingerprint density at radius 2 is 2.13 bits per heavy atom. The van der Waals surface area contributed by atoms with E-state index in [-0.39, 0.29) is 11.9 Å². The molecule has 23 heavy (non-hydrogen) atoms. The van der Waals surface area contributed by atoms with Crippen LogP contribution < -0.4 is 5.32 Å². The maximum absolute atomic E-state index is 14.0. The number of rotatable bonds is 7. The number of hydrogen-bond acceptors (Lipinski definition) is 3. The SMILES string of the molecule is CCCNc1nc(C)n([C@@H](CC2CC2)c2ccc(C)c(F)c2)n1. The molecule has 124 valence electrons. The normalized spacial score (nSPS) is 15.7. The fourth-order valence-corrected chi connectivity index (χ4v) is 2.87. The summed E-state index contributed by atoms with van der Waals surface area (Å²) in [6.07, 6.45) is 4.56. The Labute approximate surface area is 137 Å². The van der Waals surface area contributed by atoms with Crippen molar-refractivity contribution in [3.63, 3.8) is 0 Å². The molecule has 2 aromatic rings. The molecule has 1 aliphatic rings. The summed E-state index contributed by atoms with van der Waals surface area (Å²) in [5, 5.41) is 7.86. The summed E-state index contributed by atoms with van der Waals surface area (Å²) in [7, 11) is 0. The van der Waals surface area contributed by atoms with Crippen LogP contribution in [0.5, 0.6) is 0 Å². The highest BCUT2D eigenvalue weighted by Crippen LogP contribution is 2.39. The first-order valence-electron chi connectivity index (χ1n) is 8.51. The molecule has 1 aliphatic carbocycles. The zero-order valence-corrected chi connectivity index (χ0v) is 14.1. The fraction of sp³-hybridized carbons (Fsp3) is 0.556. The third-order valence-electron chi connectivity index (χ3n) is 4.46. The van der Waals surface area contributed by atoms with Gasteiger partial charge in [0.1, 0.15) is 11.6 Å². The largest absolute Gasteiger partial charge is 0.353 e. The number of benzene rings is 1. The molecular weight excluding hydrogens is 291 g/mol. The quantitative estimate of drug-likeness (QED) is 0.830. The maximum Gasteiger partial charge on any atom is 0.242 e. The topological polar surface area (TPSA) is 42.7 Å². The Bertz CT molecular complexity index is 676. The molecule has 1 atom stereocenters. The molecular formula is C18H25FN4. The van der Waals surface area contributed by atoms with Crippen LogP contribution in [0.2, 0.25) is 0 Å². The van der Waals surface area contributed by atoms with Gasteiger partial charge in [0.15, 0.2) is 0 Å². The van der Waals surface area contributed by atoms with E-state index in [9.17, 15) is 4.39 Å². The van der Waals surface area contributed by atoms with Crippen molar-refractivity contribution in [3.05, 3.63) is 41.0 Å². The number of nitrogens with zero attached hydrogens (tertiary/aromatic N) is 3. The van der Waals surface area contributed by atoms with Crippen LogP contribution in [0.25, 0.3) is 0 Å². The molecule has 4 nitrogen and oxygen atoms in total. The van der Waals surface area contributed by atoms with Gasteiger partial charge in [-0.3, -0.25) is 0 Å². The number of anilines is 1. The van der Waals surface area contributed by atoms with Crippen molar-refractivity contribution in [1.29, 1.82) is 0 Å². The van der Waals surface area contributed by atoms with Crippen molar-refractivity contribution in [1.82, 2.24) is 14.8 Å². The van der Waals surface area contributed by atoms with Gasteiger partial charge < -0.3 is 5.32 Å². The monoisotopic (exact) mass is 316 g/mol. The lowest BCUT2D eigenvalue weighted by Gasteiger charge is -2.19. The first kappa shape index (κ1) is 16.0. The smallest absolute Gasteiger partial charge is 0.242 e. The number of halogens is 1. The summed E-state index contributed by atoms with van der Waals surface area (Å²) in [6, 6.07) is 5.59. The van der Waals surface area contributed by atoms with Gasteiger partial charge >= 0.3 is 0 Å². The average molecular weight is 316 g/mol. The van der Waals surface area contributed by atoms with Gasteiger partial charge in [-0.15, -0.1) is 5.10 Å². The molecule has 0 aliphatic heterocycles. The van der Waals surface area contributed by atoms with Crippen LogP contribution in [0, 0.1) is 25.6 Å². The van der Waals surface area contributed by atoms with Crippen molar-refractivity contribution in [2.75, 3.05) is 11.9 Å². The van der Waals surface area contributed by atoms with Gasteiger partial charge in [-0.1, -0.05) is 31.9 Å². The minimum absolute atomic E-state index is 0.0577. The van der Waals surface area contributed by atoms with E-state index in [0.717, 1.165) is 36.7 Å². The van der Waals surface area contributed by atoms with E-state index in [1.54, 1.807) is 13.0 Å². The molecule has 1 fully saturated rings. The lowest BCUT2D eigenvalue weighted by Crippen LogP contribution is -2.15. The minimum Gasteiger partial charge on any atom is -0.353 e. The Morgan fingerprint density at radius 1 is 1.35 bits per heavy atom. The molecule has 5 heteroatoms. The molecule has 1 heterocycles. The zero-order chi connectivity index (χ0) is 16.4. The summed E-state index contributed by atoms with van der Waals surface area (Å²) in [4.78, 5) is 4.51. The third kappa shape index (κ3) is 3.71. The van der Waals surface area contributed by atoms with Crippen LogP contribution in [0.15, 0.2) is 18.2 Å². The molecule has 1 saturated carbocycles. The Kier molecular flexibility index (Phi) is 4.64. The molecule has 0 bridgehead atoms. The predicted molar refractivity (Wildman–Crippen MR) is 90.2 cm³/mol. The fourth-order valence-electron chi connectivity index (χ4n) is 2.87. The van der Waals surface area contributed by atoms with E-state index < -0.39 is 0 Å². The van der Waals surface area contributed by atoms with Crippen LogP contribution in [-0.2, 0) is 0 Å². The summed E-state index contributed by atoms with van der Waals surface area (Å²) < 4.78 is 16.0. The minimum atomic E-state index is -0.148. The van der Waals surface area contributed by atoms with E-state index in [4.69, 9.17) is 0 Å². The van der Waals surface area contributed by atoms with Crippen LogP contribution in [0.3, 0.4) is 0 Å². The molecule has 0 spiro atoms. The van der Waals surface area contributed by atoms with Crippen LogP contribution in [0.4, 0.5) is 10.3 Å². The molecule has 0 unspecified atom stereocenters. The molecule has 0 radical (unpaired) electrons. The van der Waals surface area contributed by atoms with Crippen LogP contribution >= 0.6 is 0 Å². The molecule has 0 saturated heterocycles. The van der Waals surface area contributed by atoms with E-state index in [0.29, 0.717) is 11.5 Å². The molecule has 0 amide bonds. The van der Waals surface area contributed by atoms with E-state index in [2.05, 4.69) is 22.3 Å². The number of hydrogen-bond donors (Lipinski definition) is 1. The molecule has 1 N–H and O–H groups in total. The standard InChI is InChI=1S/C18H25FN4/c1-4-9-20-18-21-13(3)23(22-18)17(10-14-6-7-14)15-8-5-12(2)16(19)11-15/h5,8,11,14,17H,4,6-7,9-10H2,1-3H3,(H,20,22)/t17-/m0/s1. The van der Waals surface area contributed by atoms with Crippen molar-refractivity contribution < 1.29 is 4.39 Å². The second-order valence-electron chi connectivity index (χ2n) is 6.56. The van der Waals surface area contributed by atoms with Crippen molar-refractivity contribution in [2.45, 2.75) is 52.5 Å². The second kappa shape index (κ2) is 6.69. The highest BCUT2D eigenvalue weighted by molar-refractivity contribution is 5.29. The lowest BCUT2D eigenvalue weighted by molar-refractivity contribution is 0.451. The van der Waals surface area contributed by atoms with Crippen molar-refractivity contribution >= 4 is 5.95 Å². The first-order valence-corrected chi connectivity index (χ1v) is 8.51. The van der Waals surface area contributed by atoms with Gasteiger partial charge in [-0.05, 0) is 49.8 Å². The Hall–Kier alpha value is -1.91. The van der Waals surface area contributed by atoms with Crippen molar-refractivity contribution in [3.8, 4) is 0 Å². The van der Waals surface area contributed by atoms with E-state index >= 15 is 0 Å². The van der Waals surface area contributed by atoms with Gasteiger partial charge in [-0.2, -0.15) is 4.98 Å². The van der Waals surface area contributed by atoms with Gasteiger partial charge in [0.2, 0.25) is 5.95 Å². The summed E-state index contributed by atoms with van der Waals surface area (Å²) in [5.41, 5.74) is 1.66. The van der Waals surface area contributed by atoms with Gasteiger partial charge in [0.25, 0.3) is 0 Å². The lowest BCUT2D eigenvalue weighted by atomic mass is 9.99. The highest BCUT2D eigenvalue weighted by Gasteiger charge is 2.29. The molecule has 1 aromatic carbocycles.